The summed E-state index contributed by atoms with van der Waals surface area (Å²) in [5, 5.41) is 2.78. The molecule has 32 heavy (non-hydrogen) atoms. The summed E-state index contributed by atoms with van der Waals surface area (Å²) in [5.41, 5.74) is 3.12. The van der Waals surface area contributed by atoms with Crippen LogP contribution in [0.25, 0.3) is 0 Å². The van der Waals surface area contributed by atoms with Gasteiger partial charge in [-0.25, -0.2) is 8.42 Å². The van der Waals surface area contributed by atoms with E-state index in [1.807, 2.05) is 19.1 Å². The van der Waals surface area contributed by atoms with Gasteiger partial charge in [0, 0.05) is 18.9 Å². The normalized spacial score (nSPS) is 11.1. The van der Waals surface area contributed by atoms with Crippen molar-refractivity contribution in [3.63, 3.8) is 0 Å². The molecule has 0 aliphatic carbocycles. The molecule has 0 atom stereocenters. The molecule has 1 N–H and O–H groups in total. The predicted molar refractivity (Wildman–Crippen MR) is 124 cm³/mol. The number of nitrogens with one attached hydrogen (secondary N) is 1. The number of carbonyl (C=O) groups excluding carboxylic acids is 1. The van der Waals surface area contributed by atoms with Crippen LogP contribution >= 0.6 is 0 Å². The number of hydrogen-bond acceptors (Lipinski definition) is 5. The number of carbonyl (C=O) groups is 1. The van der Waals surface area contributed by atoms with Gasteiger partial charge in [0.05, 0.1) is 12.8 Å². The Morgan fingerprint density at radius 3 is 2.34 bits per heavy atom. The zero-order valence-corrected chi connectivity index (χ0v) is 19.2. The van der Waals surface area contributed by atoms with E-state index in [2.05, 4.69) is 10.3 Å². The summed E-state index contributed by atoms with van der Waals surface area (Å²) in [5.74, 6) is -0.195. The van der Waals surface area contributed by atoms with E-state index in [9.17, 15) is 13.2 Å². The Labute approximate surface area is 189 Å². The lowest BCUT2D eigenvalue weighted by Gasteiger charge is -2.25. The van der Waals surface area contributed by atoms with E-state index < -0.39 is 15.9 Å². The first-order chi connectivity index (χ1) is 15.3. The Hall–Kier alpha value is -3.39. The number of nitrogens with zero attached hydrogens (tertiary/aromatic N) is 2. The third-order valence-electron chi connectivity index (χ3n) is 5.05. The second-order valence-corrected chi connectivity index (χ2v) is 9.15. The van der Waals surface area contributed by atoms with Crippen molar-refractivity contribution in [2.24, 2.45) is 0 Å². The molecule has 0 spiro atoms. The number of benzene rings is 2. The second-order valence-electron chi connectivity index (χ2n) is 7.32. The summed E-state index contributed by atoms with van der Waals surface area (Å²) >= 11 is 0. The lowest BCUT2D eigenvalue weighted by molar-refractivity contribution is -0.119. The zero-order chi connectivity index (χ0) is 23.1. The maximum absolute atomic E-state index is 13.7. The van der Waals surface area contributed by atoms with Crippen molar-refractivity contribution in [3.05, 3.63) is 83.7 Å². The van der Waals surface area contributed by atoms with E-state index in [1.54, 1.807) is 61.8 Å². The van der Waals surface area contributed by atoms with E-state index in [0.29, 0.717) is 5.69 Å². The highest BCUT2D eigenvalue weighted by atomic mass is 32.2. The minimum Gasteiger partial charge on any atom is -0.495 e. The number of amides is 1. The van der Waals surface area contributed by atoms with Gasteiger partial charge < -0.3 is 10.1 Å². The van der Waals surface area contributed by atoms with Gasteiger partial charge in [-0.2, -0.15) is 0 Å². The van der Waals surface area contributed by atoms with Crippen LogP contribution in [0.4, 0.5) is 5.69 Å². The van der Waals surface area contributed by atoms with Crippen molar-refractivity contribution >= 4 is 21.6 Å². The highest BCUT2D eigenvalue weighted by molar-refractivity contribution is 7.93. The standard InChI is InChI=1S/C24H27N3O4S/c1-4-19-6-8-21(9-7-19)27(17-24(28)26-16-20-11-13-25-14-12-20)32(29,30)23-15-18(2)5-10-22(23)31-3/h5-15H,4,16-17H2,1-3H3,(H,26,28). The van der Waals surface area contributed by atoms with Gasteiger partial charge in [-0.3, -0.25) is 14.1 Å². The Bertz CT molecular complexity index is 1160. The summed E-state index contributed by atoms with van der Waals surface area (Å²) in [6, 6.07) is 15.7. The number of aryl methyl sites for hydroxylation is 2. The fourth-order valence-corrected chi connectivity index (χ4v) is 4.87. The lowest BCUT2D eigenvalue weighted by Crippen LogP contribution is -2.40. The van der Waals surface area contributed by atoms with Gasteiger partial charge in [0.25, 0.3) is 10.0 Å². The molecule has 0 saturated heterocycles. The number of aromatic nitrogens is 1. The van der Waals surface area contributed by atoms with Gasteiger partial charge in [0.2, 0.25) is 5.91 Å². The van der Waals surface area contributed by atoms with Crippen molar-refractivity contribution in [1.82, 2.24) is 10.3 Å². The van der Waals surface area contributed by atoms with E-state index in [1.165, 1.54) is 7.11 Å². The van der Waals surface area contributed by atoms with Crippen molar-refractivity contribution in [3.8, 4) is 5.75 Å². The molecule has 168 valence electrons. The maximum Gasteiger partial charge on any atom is 0.268 e. The minimum absolute atomic E-state index is 0.0153. The number of ether oxygens (including phenoxy) is 1. The molecule has 7 nitrogen and oxygen atoms in total. The van der Waals surface area contributed by atoms with E-state index in [-0.39, 0.29) is 23.7 Å². The van der Waals surface area contributed by atoms with Gasteiger partial charge in [-0.15, -0.1) is 0 Å². The first kappa shape index (κ1) is 23.3. The Kier molecular flexibility index (Phi) is 7.48. The predicted octanol–water partition coefficient (Wildman–Crippen LogP) is 3.47. The minimum atomic E-state index is -4.08. The molecule has 8 heteroatoms. The molecular formula is C24H27N3O4S. The molecule has 0 saturated carbocycles. The van der Waals surface area contributed by atoms with Crippen LogP contribution in [-0.2, 0) is 27.8 Å². The van der Waals surface area contributed by atoms with Gasteiger partial charge in [-0.05, 0) is 66.4 Å². The number of pyridine rings is 1. The van der Waals surface area contributed by atoms with Crippen molar-refractivity contribution < 1.29 is 17.9 Å². The Morgan fingerprint density at radius 1 is 1.03 bits per heavy atom. The molecule has 3 rings (SSSR count). The van der Waals surface area contributed by atoms with Crippen LogP contribution in [0.2, 0.25) is 0 Å². The first-order valence-electron chi connectivity index (χ1n) is 10.3. The Morgan fingerprint density at radius 2 is 1.72 bits per heavy atom. The quantitative estimate of drug-likeness (QED) is 0.536. The number of sulfonamides is 1. The SMILES string of the molecule is CCc1ccc(N(CC(=O)NCc2ccncc2)S(=O)(=O)c2cc(C)ccc2OC)cc1. The number of rotatable bonds is 9. The van der Waals surface area contributed by atoms with Crippen LogP contribution in [0.15, 0.2) is 71.9 Å². The van der Waals surface area contributed by atoms with Gasteiger partial charge in [0.15, 0.2) is 0 Å². The molecule has 0 aliphatic rings. The molecule has 1 amide bonds. The summed E-state index contributed by atoms with van der Waals surface area (Å²) in [6.07, 6.45) is 4.10. The molecule has 0 bridgehead atoms. The molecule has 0 fully saturated rings. The third-order valence-corrected chi connectivity index (χ3v) is 6.84. The van der Waals surface area contributed by atoms with Crippen LogP contribution in [-0.4, -0.2) is 33.0 Å². The number of methoxy groups -OCH3 is 1. The summed E-state index contributed by atoms with van der Waals surface area (Å²) < 4.78 is 33.8. The third kappa shape index (κ3) is 5.45. The average molecular weight is 454 g/mol. The van der Waals surface area contributed by atoms with Gasteiger partial charge in [-0.1, -0.05) is 25.1 Å². The number of hydrogen-bond donors (Lipinski definition) is 1. The summed E-state index contributed by atoms with van der Waals surface area (Å²) in [7, 11) is -2.66. The zero-order valence-electron chi connectivity index (χ0n) is 18.4. The largest absolute Gasteiger partial charge is 0.495 e. The second kappa shape index (κ2) is 10.3. The summed E-state index contributed by atoms with van der Waals surface area (Å²) in [4.78, 5) is 16.7. The van der Waals surface area contributed by atoms with Crippen LogP contribution < -0.4 is 14.4 Å². The van der Waals surface area contributed by atoms with Crippen LogP contribution in [0.5, 0.6) is 5.75 Å². The molecule has 0 unspecified atom stereocenters. The van der Waals surface area contributed by atoms with Gasteiger partial charge >= 0.3 is 0 Å². The molecule has 1 heterocycles. The molecular weight excluding hydrogens is 426 g/mol. The monoisotopic (exact) mass is 453 g/mol. The van der Waals surface area contributed by atoms with Crippen LogP contribution in [0, 0.1) is 6.92 Å². The highest BCUT2D eigenvalue weighted by Crippen LogP contribution is 2.31. The molecule has 0 radical (unpaired) electrons. The average Bonchev–Trinajstić information content (AvgIpc) is 2.82. The fraction of sp³-hybridized carbons (Fsp3) is 0.250. The summed E-state index contributed by atoms with van der Waals surface area (Å²) in [6.45, 7) is 3.74. The molecule has 3 aromatic rings. The topological polar surface area (TPSA) is 88.6 Å². The lowest BCUT2D eigenvalue weighted by atomic mass is 10.1. The van der Waals surface area contributed by atoms with E-state index in [0.717, 1.165) is 27.4 Å². The smallest absolute Gasteiger partial charge is 0.268 e. The molecule has 1 aromatic heterocycles. The fourth-order valence-electron chi connectivity index (χ4n) is 3.20. The Balaban J connectivity index is 1.95. The van der Waals surface area contributed by atoms with E-state index in [4.69, 9.17) is 4.74 Å². The van der Waals surface area contributed by atoms with Crippen molar-refractivity contribution in [2.45, 2.75) is 31.7 Å². The highest BCUT2D eigenvalue weighted by Gasteiger charge is 2.30. The number of anilines is 1. The molecule has 0 aliphatic heterocycles. The van der Waals surface area contributed by atoms with Crippen LogP contribution in [0.3, 0.4) is 0 Å². The van der Waals surface area contributed by atoms with Gasteiger partial charge in [0.1, 0.15) is 17.2 Å². The maximum atomic E-state index is 13.7. The van der Waals surface area contributed by atoms with Crippen LogP contribution in [0.1, 0.15) is 23.6 Å². The molecule has 2 aromatic carbocycles. The van der Waals surface area contributed by atoms with Crippen molar-refractivity contribution in [2.75, 3.05) is 18.0 Å². The van der Waals surface area contributed by atoms with Crippen molar-refractivity contribution in [1.29, 1.82) is 0 Å². The van der Waals surface area contributed by atoms with E-state index >= 15 is 0 Å². The first-order valence-corrected chi connectivity index (χ1v) is 11.7.